The van der Waals surface area contributed by atoms with E-state index in [1.165, 1.54) is 366 Å². The number of rotatable bonds is 79. The smallest absolute Gasteiger partial charge is 0.306 e. The Bertz CT molecular complexity index is 1680. The lowest BCUT2D eigenvalue weighted by atomic mass is 10.0. The second kappa shape index (κ2) is 75.4. The third-order valence-electron chi connectivity index (χ3n) is 19.1. The van der Waals surface area contributed by atoms with Crippen LogP contribution in [0.3, 0.4) is 0 Å². The lowest BCUT2D eigenvalue weighted by Gasteiger charge is -2.28. The van der Waals surface area contributed by atoms with Crippen LogP contribution < -0.4 is 4.89 Å². The fraction of sp³-hybridized carbons (Fsp3) is 0.905. The van der Waals surface area contributed by atoms with Gasteiger partial charge in [-0.1, -0.05) is 391 Å². The number of nitrogens with zero attached hydrogens (tertiary/aromatic N) is 1. The van der Waals surface area contributed by atoms with Crippen LogP contribution in [0, 0.1) is 0 Å². The number of quaternary nitrogens is 1. The number of allylic oxidation sites excluding steroid dienone is 6. The first kappa shape index (κ1) is 92.2. The number of likely N-dealkylation sites (N-methyl/N-ethyl adjacent to an activating group) is 1. The molecule has 0 spiro atoms. The van der Waals surface area contributed by atoms with Crippen LogP contribution in [0.2, 0.25) is 0 Å². The number of ether oxygens (including phenoxy) is 2. The van der Waals surface area contributed by atoms with Gasteiger partial charge in [0, 0.05) is 12.8 Å². The predicted molar refractivity (Wildman–Crippen MR) is 407 cm³/mol. The summed E-state index contributed by atoms with van der Waals surface area (Å²) in [4.78, 5) is 38.2. The molecule has 0 heterocycles. The Labute approximate surface area is 586 Å². The molecule has 0 aromatic carbocycles. The zero-order valence-electron chi connectivity index (χ0n) is 63.7. The van der Waals surface area contributed by atoms with Crippen molar-refractivity contribution in [2.75, 3.05) is 47.5 Å². The number of hydrogen-bond donors (Lipinski definition) is 0. The minimum atomic E-state index is -4.64. The molecule has 0 aliphatic carbocycles. The number of carbonyl (C=O) groups is 2. The van der Waals surface area contributed by atoms with Crippen LogP contribution in [-0.4, -0.2) is 70.0 Å². The summed E-state index contributed by atoms with van der Waals surface area (Å²) in [6.45, 7) is 4.31. The molecule has 10 heteroatoms. The number of carbonyl (C=O) groups excluding carboxylic acids is 2. The van der Waals surface area contributed by atoms with Crippen LogP contribution in [0.1, 0.15) is 438 Å². The van der Waals surface area contributed by atoms with Crippen LogP contribution in [0.5, 0.6) is 0 Å². The van der Waals surface area contributed by atoms with Gasteiger partial charge in [-0.2, -0.15) is 0 Å². The van der Waals surface area contributed by atoms with E-state index >= 15 is 0 Å². The molecule has 0 fully saturated rings. The van der Waals surface area contributed by atoms with Gasteiger partial charge >= 0.3 is 11.9 Å². The summed E-state index contributed by atoms with van der Waals surface area (Å²) < 4.78 is 34.4. The molecule has 2 unspecified atom stereocenters. The Morgan fingerprint density at radius 2 is 0.574 bits per heavy atom. The van der Waals surface area contributed by atoms with Crippen LogP contribution in [0.25, 0.3) is 0 Å². The number of phosphoric ester groups is 1. The van der Waals surface area contributed by atoms with E-state index in [1.54, 1.807) is 0 Å². The summed E-state index contributed by atoms with van der Waals surface area (Å²) >= 11 is 0. The van der Waals surface area contributed by atoms with Crippen molar-refractivity contribution in [1.82, 2.24) is 0 Å². The van der Waals surface area contributed by atoms with E-state index in [2.05, 4.69) is 50.3 Å². The van der Waals surface area contributed by atoms with Crippen LogP contribution in [0.4, 0.5) is 0 Å². The molecule has 0 rings (SSSR count). The maximum absolute atomic E-state index is 12.9. The summed E-state index contributed by atoms with van der Waals surface area (Å²) in [5, 5.41) is 0. The fourth-order valence-corrected chi connectivity index (χ4v) is 13.5. The van der Waals surface area contributed by atoms with E-state index in [0.29, 0.717) is 17.4 Å². The average Bonchev–Trinajstić information content (AvgIpc) is 1.65. The first-order chi connectivity index (χ1) is 46.0. The molecule has 0 aromatic rings. The Balaban J connectivity index is 3.86. The predicted octanol–water partition coefficient (Wildman–Crippen LogP) is 27.1. The highest BCUT2D eigenvalue weighted by Gasteiger charge is 2.22. The Hall–Kier alpha value is -1.77. The summed E-state index contributed by atoms with van der Waals surface area (Å²) in [6.07, 6.45) is 98.7. The van der Waals surface area contributed by atoms with Crippen molar-refractivity contribution in [3.63, 3.8) is 0 Å². The molecular weight excluding hydrogens is 1180 g/mol. The molecule has 9 nitrogen and oxygen atoms in total. The Morgan fingerprint density at radius 1 is 0.330 bits per heavy atom. The number of phosphoric acid groups is 1. The van der Waals surface area contributed by atoms with Gasteiger partial charge in [-0.3, -0.25) is 14.2 Å². The third-order valence-corrected chi connectivity index (χ3v) is 20.1. The fourth-order valence-electron chi connectivity index (χ4n) is 12.7. The standard InChI is InChI=1S/C84H162NO8P/c1-6-8-10-12-14-16-18-20-22-24-26-28-30-32-34-36-37-38-39-40-41-42-43-44-45-46-47-49-50-52-54-56-58-60-62-64-66-68-70-72-74-76-83(86)90-80-82(81-92-94(88,89)91-79-78-85(3,4)5)93-84(87)77-75-73-71-69-67-65-63-61-59-57-55-53-51-48-35-33-31-29-27-25-23-21-19-17-15-13-11-9-7-2/h19,21,24-27,82H,6-18,20,22-23,28-81H2,1-5H3/b21-19-,26-24-,27-25-. The molecule has 2 atom stereocenters. The molecule has 0 aliphatic rings. The van der Waals surface area contributed by atoms with Crippen LogP contribution in [-0.2, 0) is 32.7 Å². The van der Waals surface area contributed by atoms with Gasteiger partial charge in [0.05, 0.1) is 27.7 Å². The van der Waals surface area contributed by atoms with Crippen LogP contribution in [0.15, 0.2) is 36.5 Å². The summed E-state index contributed by atoms with van der Waals surface area (Å²) in [5.41, 5.74) is 0. The second-order valence-corrected chi connectivity index (χ2v) is 31.3. The van der Waals surface area contributed by atoms with Crippen molar-refractivity contribution in [2.24, 2.45) is 0 Å². The molecule has 0 saturated carbocycles. The normalized spacial score (nSPS) is 13.1. The van der Waals surface area contributed by atoms with Gasteiger partial charge in [-0.15, -0.1) is 0 Å². The van der Waals surface area contributed by atoms with Crippen molar-refractivity contribution in [2.45, 2.75) is 444 Å². The molecule has 0 aromatic heterocycles. The zero-order valence-corrected chi connectivity index (χ0v) is 64.6. The Kier molecular flexibility index (Phi) is 74.0. The van der Waals surface area contributed by atoms with E-state index in [1.807, 2.05) is 21.1 Å². The van der Waals surface area contributed by atoms with Crippen molar-refractivity contribution in [3.8, 4) is 0 Å². The van der Waals surface area contributed by atoms with E-state index in [-0.39, 0.29) is 32.0 Å². The second-order valence-electron chi connectivity index (χ2n) is 29.8. The lowest BCUT2D eigenvalue weighted by Crippen LogP contribution is -2.37. The van der Waals surface area contributed by atoms with Crippen molar-refractivity contribution in [3.05, 3.63) is 36.5 Å². The Morgan fingerprint density at radius 3 is 0.851 bits per heavy atom. The van der Waals surface area contributed by atoms with Gasteiger partial charge in [0.1, 0.15) is 19.8 Å². The molecule has 556 valence electrons. The largest absolute Gasteiger partial charge is 0.756 e. The van der Waals surface area contributed by atoms with Gasteiger partial charge in [-0.05, 0) is 70.6 Å². The average molecular weight is 1350 g/mol. The molecule has 0 aliphatic heterocycles. The maximum atomic E-state index is 12.9. The molecule has 94 heavy (non-hydrogen) atoms. The maximum Gasteiger partial charge on any atom is 0.306 e. The monoisotopic (exact) mass is 1340 g/mol. The topological polar surface area (TPSA) is 111 Å². The van der Waals surface area contributed by atoms with Crippen molar-refractivity contribution >= 4 is 19.8 Å². The molecule has 0 bridgehead atoms. The van der Waals surface area contributed by atoms with Crippen LogP contribution >= 0.6 is 7.82 Å². The highest BCUT2D eigenvalue weighted by molar-refractivity contribution is 7.45. The molecular formula is C84H162NO8P. The molecule has 0 saturated heterocycles. The number of esters is 2. The zero-order chi connectivity index (χ0) is 68.3. The van der Waals surface area contributed by atoms with E-state index in [9.17, 15) is 19.0 Å². The third kappa shape index (κ3) is 79.2. The number of unbranched alkanes of at least 4 members (excludes halogenated alkanes) is 59. The van der Waals surface area contributed by atoms with Gasteiger partial charge in [-0.25, -0.2) is 0 Å². The minimum absolute atomic E-state index is 0.0274. The lowest BCUT2D eigenvalue weighted by molar-refractivity contribution is -0.870. The van der Waals surface area contributed by atoms with Gasteiger partial charge in [0.15, 0.2) is 6.10 Å². The SMILES string of the molecule is CCCCCCC/C=C\C/C=C\CCCCCCCCCCCCCCCCCCCC(=O)OC(COC(=O)CCCCCCCCCCCCCCCCCCCCCCCCCCCCCCC/C=C\CCCCCCCCCC)COP(=O)([O-])OCC[N+](C)(C)C. The summed E-state index contributed by atoms with van der Waals surface area (Å²) in [7, 11) is 1.19. The highest BCUT2D eigenvalue weighted by atomic mass is 31.2. The van der Waals surface area contributed by atoms with Gasteiger partial charge < -0.3 is 27.9 Å². The van der Waals surface area contributed by atoms with E-state index in [4.69, 9.17) is 18.5 Å². The van der Waals surface area contributed by atoms with Gasteiger partial charge in [0.2, 0.25) is 0 Å². The molecule has 0 radical (unpaired) electrons. The highest BCUT2D eigenvalue weighted by Crippen LogP contribution is 2.38. The quantitative estimate of drug-likeness (QED) is 0.0195. The van der Waals surface area contributed by atoms with E-state index < -0.39 is 26.5 Å². The van der Waals surface area contributed by atoms with Crippen molar-refractivity contribution < 1.29 is 42.1 Å². The number of hydrogen-bond acceptors (Lipinski definition) is 8. The summed E-state index contributed by atoms with van der Waals surface area (Å²) in [5.74, 6) is -0.807. The first-order valence-corrected chi connectivity index (χ1v) is 43.2. The molecule has 0 amide bonds. The summed E-state index contributed by atoms with van der Waals surface area (Å²) in [6, 6.07) is 0. The minimum Gasteiger partial charge on any atom is -0.756 e. The van der Waals surface area contributed by atoms with Gasteiger partial charge in [0.25, 0.3) is 7.82 Å². The van der Waals surface area contributed by atoms with Crippen molar-refractivity contribution in [1.29, 1.82) is 0 Å². The molecule has 0 N–H and O–H groups in total. The first-order valence-electron chi connectivity index (χ1n) is 41.7. The van der Waals surface area contributed by atoms with E-state index in [0.717, 1.165) is 38.5 Å².